The summed E-state index contributed by atoms with van der Waals surface area (Å²) < 4.78 is 2.06. The second-order valence-electron chi connectivity index (χ2n) is 8.38. The summed E-state index contributed by atoms with van der Waals surface area (Å²) in [6, 6.07) is 15.2. The number of anilines is 2. The van der Waals surface area contributed by atoms with Crippen LogP contribution < -0.4 is 10.2 Å². The van der Waals surface area contributed by atoms with Gasteiger partial charge < -0.3 is 10.2 Å². The van der Waals surface area contributed by atoms with E-state index in [9.17, 15) is 9.59 Å². The summed E-state index contributed by atoms with van der Waals surface area (Å²) in [4.78, 5) is 26.6. The van der Waals surface area contributed by atoms with E-state index >= 15 is 0 Å². The quantitative estimate of drug-likeness (QED) is 0.397. The minimum Gasteiger partial charge on any atom is -0.341 e. The van der Waals surface area contributed by atoms with Crippen LogP contribution >= 0.6 is 11.8 Å². The highest BCUT2D eigenvalue weighted by molar-refractivity contribution is 8.00. The lowest BCUT2D eigenvalue weighted by atomic mass is 10.1. The molecule has 1 amide bonds. The average Bonchev–Trinajstić information content (AvgIpc) is 3.24. The first-order valence-corrected chi connectivity index (χ1v) is 12.2. The Morgan fingerprint density at radius 3 is 2.27 bits per heavy atom. The van der Waals surface area contributed by atoms with Crippen molar-refractivity contribution in [1.82, 2.24) is 14.8 Å². The molecule has 0 spiro atoms. The van der Waals surface area contributed by atoms with Gasteiger partial charge in [-0.05, 0) is 76.4 Å². The maximum atomic E-state index is 12.9. The monoisotopic (exact) mass is 463 g/mol. The summed E-state index contributed by atoms with van der Waals surface area (Å²) in [6.07, 6.45) is 3.52. The fourth-order valence-corrected chi connectivity index (χ4v) is 4.66. The summed E-state index contributed by atoms with van der Waals surface area (Å²) >= 11 is 1.39. The van der Waals surface area contributed by atoms with Crippen LogP contribution in [0.15, 0.2) is 53.7 Å². The summed E-state index contributed by atoms with van der Waals surface area (Å²) in [6.45, 7) is 7.36. The molecule has 33 heavy (non-hydrogen) atoms. The molecule has 7 nitrogen and oxygen atoms in total. The Morgan fingerprint density at radius 2 is 1.64 bits per heavy atom. The number of benzene rings is 2. The van der Waals surface area contributed by atoms with Gasteiger partial charge in [0, 0.05) is 24.3 Å². The van der Waals surface area contributed by atoms with Crippen LogP contribution in [0, 0.1) is 6.92 Å². The molecule has 4 rings (SSSR count). The number of hydrogen-bond donors (Lipinski definition) is 1. The van der Waals surface area contributed by atoms with E-state index in [1.54, 1.807) is 24.3 Å². The Hall–Kier alpha value is -3.13. The van der Waals surface area contributed by atoms with Crippen LogP contribution in [0.5, 0.6) is 0 Å². The molecule has 1 fully saturated rings. The van der Waals surface area contributed by atoms with Gasteiger partial charge in [0.25, 0.3) is 0 Å². The standard InChI is InChI=1S/C25H29N5O2S/c1-17-7-13-22(14-8-17)30-24(29-15-5-4-6-16-29)27-28-25(30)33-19(3)23(32)26-21-11-9-20(10-12-21)18(2)31/h7-14,19H,4-6,15-16H2,1-3H3,(H,26,32). The van der Waals surface area contributed by atoms with Gasteiger partial charge in [-0.1, -0.05) is 29.5 Å². The Labute approximate surface area is 198 Å². The van der Waals surface area contributed by atoms with Gasteiger partial charge in [0.15, 0.2) is 10.9 Å². The predicted octanol–water partition coefficient (Wildman–Crippen LogP) is 4.89. The Balaban J connectivity index is 1.55. The number of ketones is 1. The van der Waals surface area contributed by atoms with Crippen molar-refractivity contribution < 1.29 is 9.59 Å². The van der Waals surface area contributed by atoms with E-state index in [0.717, 1.165) is 37.6 Å². The van der Waals surface area contributed by atoms with Crippen molar-refractivity contribution >= 4 is 35.1 Å². The normalized spacial score (nSPS) is 14.7. The lowest BCUT2D eigenvalue weighted by molar-refractivity contribution is -0.115. The number of aromatic nitrogens is 3. The molecular formula is C25H29N5O2S. The summed E-state index contributed by atoms with van der Waals surface area (Å²) in [5.41, 5.74) is 3.45. The second kappa shape index (κ2) is 10.2. The third-order valence-corrected chi connectivity index (χ3v) is 6.80. The summed E-state index contributed by atoms with van der Waals surface area (Å²) in [7, 11) is 0. The topological polar surface area (TPSA) is 80.1 Å². The molecule has 0 aliphatic carbocycles. The number of rotatable bonds is 7. The highest BCUT2D eigenvalue weighted by Crippen LogP contribution is 2.31. The number of hydrogen-bond acceptors (Lipinski definition) is 6. The smallest absolute Gasteiger partial charge is 0.237 e. The molecule has 2 aromatic carbocycles. The molecule has 1 atom stereocenters. The van der Waals surface area contributed by atoms with Gasteiger partial charge in [-0.2, -0.15) is 0 Å². The van der Waals surface area contributed by atoms with Crippen LogP contribution in [0.2, 0.25) is 0 Å². The molecule has 1 aliphatic heterocycles. The van der Waals surface area contributed by atoms with E-state index < -0.39 is 0 Å². The number of carbonyl (C=O) groups is 2. The van der Waals surface area contributed by atoms with Crippen molar-refractivity contribution in [3.05, 3.63) is 59.7 Å². The van der Waals surface area contributed by atoms with Gasteiger partial charge in [0.05, 0.1) is 10.9 Å². The van der Waals surface area contributed by atoms with Gasteiger partial charge in [-0.3, -0.25) is 14.2 Å². The van der Waals surface area contributed by atoms with E-state index in [1.807, 2.05) is 6.92 Å². The first-order chi connectivity index (χ1) is 15.9. The maximum absolute atomic E-state index is 12.9. The number of thioether (sulfide) groups is 1. The number of nitrogens with zero attached hydrogens (tertiary/aromatic N) is 4. The average molecular weight is 464 g/mol. The Bertz CT molecular complexity index is 1120. The molecule has 1 unspecified atom stereocenters. The molecule has 2 heterocycles. The minimum absolute atomic E-state index is 0.00301. The molecule has 8 heteroatoms. The highest BCUT2D eigenvalue weighted by Gasteiger charge is 2.24. The van der Waals surface area contributed by atoms with Crippen molar-refractivity contribution in [3.63, 3.8) is 0 Å². The van der Waals surface area contributed by atoms with Crippen LogP contribution in [0.1, 0.15) is 49.0 Å². The fourth-order valence-electron chi connectivity index (χ4n) is 3.80. The van der Waals surface area contributed by atoms with E-state index in [1.165, 1.54) is 30.7 Å². The van der Waals surface area contributed by atoms with E-state index in [2.05, 4.69) is 56.2 Å². The Morgan fingerprint density at radius 1 is 0.970 bits per heavy atom. The third-order valence-electron chi connectivity index (χ3n) is 5.76. The zero-order chi connectivity index (χ0) is 23.4. The van der Waals surface area contributed by atoms with Gasteiger partial charge in [-0.15, -0.1) is 10.2 Å². The molecule has 172 valence electrons. The molecular weight excluding hydrogens is 434 g/mol. The van der Waals surface area contributed by atoms with Gasteiger partial charge in [-0.25, -0.2) is 0 Å². The number of aryl methyl sites for hydroxylation is 1. The number of amides is 1. The third kappa shape index (κ3) is 5.45. The van der Waals surface area contributed by atoms with Crippen LogP contribution in [-0.4, -0.2) is 44.8 Å². The maximum Gasteiger partial charge on any atom is 0.237 e. The van der Waals surface area contributed by atoms with Crippen LogP contribution in [-0.2, 0) is 4.79 Å². The minimum atomic E-state index is -0.389. The number of piperidine rings is 1. The molecule has 1 aromatic heterocycles. The van der Waals surface area contributed by atoms with Crippen molar-refractivity contribution in [3.8, 4) is 5.69 Å². The fraction of sp³-hybridized carbons (Fsp3) is 0.360. The van der Waals surface area contributed by atoms with Crippen LogP contribution in [0.4, 0.5) is 11.6 Å². The summed E-state index contributed by atoms with van der Waals surface area (Å²) in [5, 5.41) is 12.2. The first kappa shape index (κ1) is 23.0. The van der Waals surface area contributed by atoms with Crippen molar-refractivity contribution in [2.24, 2.45) is 0 Å². The second-order valence-corrected chi connectivity index (χ2v) is 9.69. The number of carbonyl (C=O) groups excluding carboxylic acids is 2. The zero-order valence-electron chi connectivity index (χ0n) is 19.2. The lowest BCUT2D eigenvalue weighted by Gasteiger charge is -2.28. The molecule has 0 saturated carbocycles. The zero-order valence-corrected chi connectivity index (χ0v) is 20.1. The van der Waals surface area contributed by atoms with E-state index in [-0.39, 0.29) is 16.9 Å². The van der Waals surface area contributed by atoms with E-state index in [4.69, 9.17) is 0 Å². The van der Waals surface area contributed by atoms with Crippen molar-refractivity contribution in [2.45, 2.75) is 50.4 Å². The first-order valence-electron chi connectivity index (χ1n) is 11.3. The van der Waals surface area contributed by atoms with Crippen LogP contribution in [0.25, 0.3) is 5.69 Å². The molecule has 0 bridgehead atoms. The van der Waals surface area contributed by atoms with E-state index in [0.29, 0.717) is 16.4 Å². The van der Waals surface area contributed by atoms with Crippen molar-refractivity contribution in [1.29, 1.82) is 0 Å². The molecule has 3 aromatic rings. The number of nitrogens with one attached hydrogen (secondary N) is 1. The Kier molecular flexibility index (Phi) is 7.13. The predicted molar refractivity (Wildman–Crippen MR) is 133 cm³/mol. The van der Waals surface area contributed by atoms with Gasteiger partial charge in [0.1, 0.15) is 0 Å². The molecule has 1 N–H and O–H groups in total. The molecule has 1 saturated heterocycles. The largest absolute Gasteiger partial charge is 0.341 e. The molecule has 0 radical (unpaired) electrons. The SMILES string of the molecule is CC(=O)c1ccc(NC(=O)C(C)Sc2nnc(N3CCCCC3)n2-c2ccc(C)cc2)cc1. The van der Waals surface area contributed by atoms with Crippen LogP contribution in [0.3, 0.4) is 0 Å². The lowest BCUT2D eigenvalue weighted by Crippen LogP contribution is -2.31. The summed E-state index contributed by atoms with van der Waals surface area (Å²) in [5.74, 6) is 0.693. The molecule has 1 aliphatic rings. The van der Waals surface area contributed by atoms with Gasteiger partial charge in [0.2, 0.25) is 11.9 Å². The van der Waals surface area contributed by atoms with Crippen molar-refractivity contribution in [2.75, 3.05) is 23.3 Å². The number of Topliss-reactive ketones (excluding diaryl/α,β-unsaturated/α-hetero) is 1. The highest BCUT2D eigenvalue weighted by atomic mass is 32.2. The van der Waals surface area contributed by atoms with Gasteiger partial charge >= 0.3 is 0 Å².